The van der Waals surface area contributed by atoms with Crippen molar-refractivity contribution in [1.82, 2.24) is 0 Å². The minimum atomic E-state index is -0.983. The molecule has 5 heteroatoms. The van der Waals surface area contributed by atoms with Crippen LogP contribution in [0.15, 0.2) is 66.7 Å². The van der Waals surface area contributed by atoms with Gasteiger partial charge in [-0.2, -0.15) is 0 Å². The van der Waals surface area contributed by atoms with E-state index in [9.17, 15) is 14.0 Å². The summed E-state index contributed by atoms with van der Waals surface area (Å²) in [7, 11) is 2.02. The average Bonchev–Trinajstić information content (AvgIpc) is 2.86. The van der Waals surface area contributed by atoms with E-state index in [0.717, 1.165) is 29.7 Å². The van der Waals surface area contributed by atoms with Gasteiger partial charge in [-0.3, -0.25) is 4.79 Å². The Bertz CT molecular complexity index is 1350. The summed E-state index contributed by atoms with van der Waals surface area (Å²) in [6.07, 6.45) is 5.33. The van der Waals surface area contributed by atoms with Crippen LogP contribution in [0.3, 0.4) is 0 Å². The lowest BCUT2D eigenvalue weighted by Crippen LogP contribution is -2.36. The Kier molecular flexibility index (Phi) is 7.09. The second-order valence-corrected chi connectivity index (χ2v) is 11.3. The first-order chi connectivity index (χ1) is 17.4. The highest BCUT2D eigenvalue weighted by Gasteiger charge is 2.40. The summed E-state index contributed by atoms with van der Waals surface area (Å²) in [6, 6.07) is 17.0. The van der Waals surface area contributed by atoms with E-state index in [1.807, 2.05) is 19.2 Å². The molecule has 0 saturated heterocycles. The lowest BCUT2D eigenvalue weighted by Gasteiger charge is -2.44. The summed E-state index contributed by atoms with van der Waals surface area (Å²) >= 11 is 0. The average molecular weight is 500 g/mol. The maximum absolute atomic E-state index is 13.5. The monoisotopic (exact) mass is 499 g/mol. The van der Waals surface area contributed by atoms with Crippen LogP contribution in [0.2, 0.25) is 0 Å². The molecule has 4 nitrogen and oxygen atoms in total. The normalized spacial score (nSPS) is 15.8. The number of allylic oxidation sites excluding steroid dienone is 1. The number of halogens is 1. The highest BCUT2D eigenvalue weighted by Crippen LogP contribution is 2.50. The molecule has 0 unspecified atom stereocenters. The number of hydrogen-bond acceptors (Lipinski definition) is 3. The molecule has 1 N–H and O–H groups in total. The van der Waals surface area contributed by atoms with Gasteiger partial charge in [0.2, 0.25) is 0 Å². The quantitative estimate of drug-likeness (QED) is 0.272. The van der Waals surface area contributed by atoms with Gasteiger partial charge in [0.25, 0.3) is 0 Å². The largest absolute Gasteiger partial charge is 0.478 e. The number of carbonyl (C=O) groups is 2. The summed E-state index contributed by atoms with van der Waals surface area (Å²) in [6.45, 7) is 9.58. The molecule has 0 bridgehead atoms. The first-order valence-corrected chi connectivity index (χ1v) is 12.6. The Labute approximate surface area is 218 Å². The highest BCUT2D eigenvalue weighted by molar-refractivity contribution is 6.07. The zero-order valence-corrected chi connectivity index (χ0v) is 22.1. The van der Waals surface area contributed by atoms with Crippen LogP contribution in [0.4, 0.5) is 10.1 Å². The van der Waals surface area contributed by atoms with Gasteiger partial charge in [-0.1, -0.05) is 58.0 Å². The van der Waals surface area contributed by atoms with E-state index < -0.39 is 5.97 Å². The predicted molar refractivity (Wildman–Crippen MR) is 147 cm³/mol. The molecule has 1 aliphatic carbocycles. The molecule has 3 aromatic rings. The number of anilines is 1. The number of hydrogen-bond donors (Lipinski definition) is 1. The van der Waals surface area contributed by atoms with Crippen LogP contribution in [0.5, 0.6) is 0 Å². The van der Waals surface area contributed by atoms with Crippen molar-refractivity contribution in [3.05, 3.63) is 106 Å². The summed E-state index contributed by atoms with van der Waals surface area (Å²) in [5, 5.41) is 9.10. The fourth-order valence-electron chi connectivity index (χ4n) is 5.15. The van der Waals surface area contributed by atoms with E-state index >= 15 is 0 Å². The molecule has 0 amide bonds. The molecule has 0 heterocycles. The number of fused-ring (bicyclic) bond motifs is 1. The van der Waals surface area contributed by atoms with Crippen LogP contribution < -0.4 is 4.90 Å². The standard InChI is InChI=1S/C32H34FNO3/c1-31(2)16-17-32(3,4)29-26(31)18-24(19-27(29)34(5)20-22-8-13-25(33)14-9-22)28(35)15-10-21-6-11-23(12-7-21)30(36)37/h6-15,18-19H,16-17,20H2,1-5H3,(H,36,37)/b15-10+. The predicted octanol–water partition coefficient (Wildman–Crippen LogP) is 7.41. The molecule has 192 valence electrons. The smallest absolute Gasteiger partial charge is 0.335 e. The van der Waals surface area contributed by atoms with Gasteiger partial charge in [0, 0.05) is 24.8 Å². The van der Waals surface area contributed by atoms with Crippen LogP contribution in [-0.2, 0) is 17.4 Å². The maximum atomic E-state index is 13.5. The number of carboxylic acid groups (broad SMARTS) is 1. The summed E-state index contributed by atoms with van der Waals surface area (Å²) in [4.78, 5) is 26.6. The molecule has 0 aliphatic heterocycles. The van der Waals surface area contributed by atoms with Crippen molar-refractivity contribution in [2.45, 2.75) is 57.9 Å². The lowest BCUT2D eigenvalue weighted by molar-refractivity contribution is 0.0696. The topological polar surface area (TPSA) is 57.6 Å². The van der Waals surface area contributed by atoms with Crippen LogP contribution >= 0.6 is 0 Å². The summed E-state index contributed by atoms with van der Waals surface area (Å²) < 4.78 is 13.5. The van der Waals surface area contributed by atoms with Crippen LogP contribution in [0.25, 0.3) is 6.08 Å². The number of rotatable bonds is 7. The molecule has 0 fully saturated rings. The maximum Gasteiger partial charge on any atom is 0.335 e. The zero-order valence-electron chi connectivity index (χ0n) is 22.1. The SMILES string of the molecule is CN(Cc1ccc(F)cc1)c1cc(C(=O)/C=C/c2ccc(C(=O)O)cc2)cc2c1C(C)(C)CCC2(C)C. The molecule has 0 spiro atoms. The molecular weight excluding hydrogens is 465 g/mol. The molecular formula is C32H34FNO3. The Morgan fingerprint density at radius 3 is 2.16 bits per heavy atom. The minimum Gasteiger partial charge on any atom is -0.478 e. The van der Waals surface area contributed by atoms with Gasteiger partial charge in [-0.25, -0.2) is 9.18 Å². The van der Waals surface area contributed by atoms with Gasteiger partial charge in [0.15, 0.2) is 5.78 Å². The zero-order chi connectivity index (χ0) is 27.0. The number of nitrogens with zero attached hydrogens (tertiary/aromatic N) is 1. The number of carboxylic acids is 1. The highest BCUT2D eigenvalue weighted by atomic mass is 19.1. The summed E-state index contributed by atoms with van der Waals surface area (Å²) in [5.41, 5.74) is 5.90. The molecule has 37 heavy (non-hydrogen) atoms. The fourth-order valence-corrected chi connectivity index (χ4v) is 5.15. The van der Waals surface area contributed by atoms with Crippen molar-refractivity contribution in [2.24, 2.45) is 0 Å². The third-order valence-corrected chi connectivity index (χ3v) is 7.51. The number of aromatic carboxylic acids is 1. The van der Waals surface area contributed by atoms with Crippen molar-refractivity contribution in [3.63, 3.8) is 0 Å². The first-order valence-electron chi connectivity index (χ1n) is 12.6. The van der Waals surface area contributed by atoms with Crippen molar-refractivity contribution in [2.75, 3.05) is 11.9 Å². The number of carbonyl (C=O) groups excluding carboxylic acids is 1. The third-order valence-electron chi connectivity index (χ3n) is 7.51. The van der Waals surface area contributed by atoms with Crippen LogP contribution in [0, 0.1) is 5.82 Å². The molecule has 4 rings (SSSR count). The Morgan fingerprint density at radius 1 is 0.919 bits per heavy atom. The van der Waals surface area contributed by atoms with Crippen LogP contribution in [0.1, 0.15) is 83.5 Å². The Morgan fingerprint density at radius 2 is 1.54 bits per heavy atom. The van der Waals surface area contributed by atoms with E-state index in [-0.39, 0.29) is 28.0 Å². The Hall–Kier alpha value is -3.73. The fraction of sp³-hybridized carbons (Fsp3) is 0.312. The first kappa shape index (κ1) is 26.3. The van der Waals surface area contributed by atoms with Gasteiger partial charge in [-0.05, 0) is 88.4 Å². The third kappa shape index (κ3) is 5.66. The van der Waals surface area contributed by atoms with Gasteiger partial charge in [-0.15, -0.1) is 0 Å². The lowest BCUT2D eigenvalue weighted by atomic mass is 9.62. The van der Waals surface area contributed by atoms with Gasteiger partial charge >= 0.3 is 5.97 Å². The van der Waals surface area contributed by atoms with E-state index in [0.29, 0.717) is 12.1 Å². The number of ketones is 1. The molecule has 0 aromatic heterocycles. The van der Waals surface area contributed by atoms with Crippen molar-refractivity contribution in [3.8, 4) is 0 Å². The van der Waals surface area contributed by atoms with Crippen molar-refractivity contribution < 1.29 is 19.1 Å². The molecule has 0 radical (unpaired) electrons. The van der Waals surface area contributed by atoms with Gasteiger partial charge in [0.05, 0.1) is 5.56 Å². The second-order valence-electron chi connectivity index (χ2n) is 11.3. The molecule has 0 atom stereocenters. The Balaban J connectivity index is 1.74. The van der Waals surface area contributed by atoms with Crippen LogP contribution in [-0.4, -0.2) is 23.9 Å². The van der Waals surface area contributed by atoms with Crippen molar-refractivity contribution >= 4 is 23.5 Å². The van der Waals surface area contributed by atoms with Gasteiger partial charge in [0.1, 0.15) is 5.82 Å². The van der Waals surface area contributed by atoms with E-state index in [1.54, 1.807) is 36.4 Å². The van der Waals surface area contributed by atoms with Gasteiger partial charge < -0.3 is 10.0 Å². The van der Waals surface area contributed by atoms with Crippen molar-refractivity contribution in [1.29, 1.82) is 0 Å². The molecule has 1 aliphatic rings. The van der Waals surface area contributed by atoms with E-state index in [2.05, 4.69) is 32.6 Å². The molecule has 0 saturated carbocycles. The molecule has 3 aromatic carbocycles. The summed E-state index contributed by atoms with van der Waals surface area (Å²) in [5.74, 6) is -1.35. The second kappa shape index (κ2) is 9.97. The van der Waals surface area contributed by atoms with E-state index in [4.69, 9.17) is 5.11 Å². The number of benzene rings is 3. The van der Waals surface area contributed by atoms with E-state index in [1.165, 1.54) is 35.4 Å². The minimum absolute atomic E-state index is 0.0550.